The first kappa shape index (κ1) is 13.3. The Kier molecular flexibility index (Phi) is 4.52. The van der Waals surface area contributed by atoms with Crippen molar-refractivity contribution >= 4 is 28.8 Å². The van der Waals surface area contributed by atoms with E-state index in [2.05, 4.69) is 20.2 Å². The molecular formula is C12H15ClN4S. The molecule has 0 atom stereocenters. The van der Waals surface area contributed by atoms with Crippen LogP contribution in [0.2, 0.25) is 5.02 Å². The van der Waals surface area contributed by atoms with E-state index in [4.69, 9.17) is 11.6 Å². The molecule has 6 heteroatoms. The lowest BCUT2D eigenvalue weighted by Crippen LogP contribution is -2.19. The largest absolute Gasteiger partial charge is 0.354 e. The molecule has 0 unspecified atom stereocenters. The van der Waals surface area contributed by atoms with Gasteiger partial charge in [0.25, 0.3) is 0 Å². The van der Waals surface area contributed by atoms with Crippen LogP contribution in [0.15, 0.2) is 23.0 Å². The van der Waals surface area contributed by atoms with Gasteiger partial charge in [0.1, 0.15) is 5.82 Å². The van der Waals surface area contributed by atoms with Crippen LogP contribution in [0.25, 0.3) is 0 Å². The van der Waals surface area contributed by atoms with Crippen LogP contribution in [0, 0.1) is 0 Å². The third-order valence-corrected chi connectivity index (χ3v) is 3.50. The first-order valence-electron chi connectivity index (χ1n) is 5.59. The molecule has 0 amide bonds. The second-order valence-corrected chi connectivity index (χ2v) is 5.09. The van der Waals surface area contributed by atoms with Crippen molar-refractivity contribution in [3.05, 3.63) is 39.4 Å². The van der Waals surface area contributed by atoms with Crippen molar-refractivity contribution in [3.63, 3.8) is 0 Å². The minimum absolute atomic E-state index is 0.664. The summed E-state index contributed by atoms with van der Waals surface area (Å²) in [5, 5.41) is 5.79. The third kappa shape index (κ3) is 3.19. The first-order chi connectivity index (χ1) is 8.70. The zero-order chi connectivity index (χ0) is 13.0. The van der Waals surface area contributed by atoms with Crippen LogP contribution in [-0.2, 0) is 13.1 Å². The van der Waals surface area contributed by atoms with E-state index in [0.717, 1.165) is 23.8 Å². The Hall–Kier alpha value is -1.17. The van der Waals surface area contributed by atoms with Gasteiger partial charge in [0.05, 0.1) is 28.5 Å². The Morgan fingerprint density at radius 1 is 1.44 bits per heavy atom. The van der Waals surface area contributed by atoms with Gasteiger partial charge in [-0.15, -0.1) is 11.3 Å². The summed E-state index contributed by atoms with van der Waals surface area (Å²) in [5.41, 5.74) is 3.75. The van der Waals surface area contributed by atoms with Crippen molar-refractivity contribution in [1.82, 2.24) is 15.3 Å². The Balaban J connectivity index is 2.14. The standard InChI is InChI=1S/C12H15ClN4S/c1-14-5-11-10(13)3-4-12(16-11)17(2)6-9-7-18-8-15-9/h3-4,7-8,14H,5-6H2,1-2H3. The van der Waals surface area contributed by atoms with Gasteiger partial charge in [-0.1, -0.05) is 11.6 Å². The number of nitrogens with zero attached hydrogens (tertiary/aromatic N) is 3. The SMILES string of the molecule is CNCc1nc(N(C)Cc2cscn2)ccc1Cl. The molecule has 2 aromatic heterocycles. The van der Waals surface area contributed by atoms with Gasteiger partial charge in [-0.3, -0.25) is 0 Å². The predicted molar refractivity (Wildman–Crippen MR) is 76.2 cm³/mol. The highest BCUT2D eigenvalue weighted by Crippen LogP contribution is 2.19. The van der Waals surface area contributed by atoms with Crippen molar-refractivity contribution in [2.75, 3.05) is 19.0 Å². The normalized spacial score (nSPS) is 10.6. The molecule has 2 heterocycles. The van der Waals surface area contributed by atoms with Gasteiger partial charge in [0, 0.05) is 19.0 Å². The van der Waals surface area contributed by atoms with Crippen molar-refractivity contribution in [3.8, 4) is 0 Å². The Bertz CT molecular complexity index is 501. The molecule has 0 saturated heterocycles. The van der Waals surface area contributed by atoms with Crippen molar-refractivity contribution in [2.24, 2.45) is 0 Å². The highest BCUT2D eigenvalue weighted by atomic mass is 35.5. The molecule has 0 aliphatic rings. The van der Waals surface area contributed by atoms with Gasteiger partial charge >= 0.3 is 0 Å². The molecule has 0 radical (unpaired) electrons. The van der Waals surface area contributed by atoms with Gasteiger partial charge in [-0.25, -0.2) is 9.97 Å². The zero-order valence-electron chi connectivity index (χ0n) is 10.4. The van der Waals surface area contributed by atoms with Crippen LogP contribution in [0.5, 0.6) is 0 Å². The maximum Gasteiger partial charge on any atom is 0.129 e. The van der Waals surface area contributed by atoms with E-state index in [1.54, 1.807) is 11.3 Å². The van der Waals surface area contributed by atoms with Crippen molar-refractivity contribution in [1.29, 1.82) is 0 Å². The highest BCUT2D eigenvalue weighted by Gasteiger charge is 2.08. The summed E-state index contributed by atoms with van der Waals surface area (Å²) in [7, 11) is 3.88. The topological polar surface area (TPSA) is 41.1 Å². The monoisotopic (exact) mass is 282 g/mol. The van der Waals surface area contributed by atoms with Crippen molar-refractivity contribution < 1.29 is 0 Å². The van der Waals surface area contributed by atoms with Gasteiger partial charge in [0.15, 0.2) is 0 Å². The summed E-state index contributed by atoms with van der Waals surface area (Å²) < 4.78 is 0. The van der Waals surface area contributed by atoms with Crippen LogP contribution < -0.4 is 10.2 Å². The van der Waals surface area contributed by atoms with Crippen LogP contribution in [0.4, 0.5) is 5.82 Å². The fourth-order valence-electron chi connectivity index (χ4n) is 1.62. The van der Waals surface area contributed by atoms with E-state index in [1.165, 1.54) is 0 Å². The maximum atomic E-state index is 6.09. The fourth-order valence-corrected chi connectivity index (χ4v) is 2.34. The molecule has 18 heavy (non-hydrogen) atoms. The maximum absolute atomic E-state index is 6.09. The predicted octanol–water partition coefficient (Wildman–Crippen LogP) is 2.55. The number of rotatable bonds is 5. The first-order valence-corrected chi connectivity index (χ1v) is 6.91. The Morgan fingerprint density at radius 3 is 2.94 bits per heavy atom. The second-order valence-electron chi connectivity index (χ2n) is 3.96. The van der Waals surface area contributed by atoms with Gasteiger partial charge in [-0.2, -0.15) is 0 Å². The quantitative estimate of drug-likeness (QED) is 0.915. The molecular weight excluding hydrogens is 268 g/mol. The van der Waals surface area contributed by atoms with Crippen molar-refractivity contribution in [2.45, 2.75) is 13.1 Å². The number of pyridine rings is 1. The smallest absolute Gasteiger partial charge is 0.129 e. The lowest BCUT2D eigenvalue weighted by atomic mass is 10.3. The molecule has 0 saturated carbocycles. The van der Waals surface area contributed by atoms with Crippen LogP contribution >= 0.6 is 22.9 Å². The molecule has 2 aromatic rings. The highest BCUT2D eigenvalue weighted by molar-refractivity contribution is 7.07. The Labute approximate surface area is 116 Å². The molecule has 0 aromatic carbocycles. The number of thiazole rings is 1. The zero-order valence-corrected chi connectivity index (χ0v) is 11.9. The molecule has 0 spiro atoms. The van der Waals surface area contributed by atoms with E-state index in [0.29, 0.717) is 11.6 Å². The van der Waals surface area contributed by atoms with Crippen LogP contribution in [0.1, 0.15) is 11.4 Å². The van der Waals surface area contributed by atoms with Gasteiger partial charge in [-0.05, 0) is 19.2 Å². The average Bonchev–Trinajstić information content (AvgIpc) is 2.85. The van der Waals surface area contributed by atoms with Gasteiger partial charge < -0.3 is 10.2 Å². The molecule has 0 aliphatic heterocycles. The summed E-state index contributed by atoms with van der Waals surface area (Å²) in [5.74, 6) is 0.901. The van der Waals surface area contributed by atoms with E-state index >= 15 is 0 Å². The number of halogens is 1. The fraction of sp³-hybridized carbons (Fsp3) is 0.333. The summed E-state index contributed by atoms with van der Waals surface area (Å²) >= 11 is 7.69. The second kappa shape index (κ2) is 6.13. The number of hydrogen-bond acceptors (Lipinski definition) is 5. The van der Waals surface area contributed by atoms with E-state index in [-0.39, 0.29) is 0 Å². The molecule has 0 bridgehead atoms. The number of anilines is 1. The van der Waals surface area contributed by atoms with Gasteiger partial charge in [0.2, 0.25) is 0 Å². The molecule has 2 rings (SSSR count). The molecule has 96 valence electrons. The number of aromatic nitrogens is 2. The Morgan fingerprint density at radius 2 is 2.28 bits per heavy atom. The van der Waals surface area contributed by atoms with E-state index < -0.39 is 0 Å². The molecule has 0 aliphatic carbocycles. The summed E-state index contributed by atoms with van der Waals surface area (Å²) in [4.78, 5) is 10.9. The van der Waals surface area contributed by atoms with E-state index in [1.807, 2.05) is 37.1 Å². The van der Waals surface area contributed by atoms with Crippen LogP contribution in [0.3, 0.4) is 0 Å². The number of nitrogens with one attached hydrogen (secondary N) is 1. The summed E-state index contributed by atoms with van der Waals surface area (Å²) in [6.07, 6.45) is 0. The third-order valence-electron chi connectivity index (χ3n) is 2.52. The van der Waals surface area contributed by atoms with Crippen LogP contribution in [-0.4, -0.2) is 24.1 Å². The minimum Gasteiger partial charge on any atom is -0.354 e. The minimum atomic E-state index is 0.664. The lowest BCUT2D eigenvalue weighted by Gasteiger charge is -2.18. The van der Waals surface area contributed by atoms with E-state index in [9.17, 15) is 0 Å². The molecule has 0 fully saturated rings. The number of hydrogen-bond donors (Lipinski definition) is 1. The lowest BCUT2D eigenvalue weighted by molar-refractivity contribution is 0.782. The molecule has 4 nitrogen and oxygen atoms in total. The summed E-state index contributed by atoms with van der Waals surface area (Å²) in [6.45, 7) is 1.41. The molecule has 1 N–H and O–H groups in total. The summed E-state index contributed by atoms with van der Waals surface area (Å²) in [6, 6.07) is 3.81. The average molecular weight is 283 g/mol.